The Labute approximate surface area is 96.5 Å². The van der Waals surface area contributed by atoms with Gasteiger partial charge in [0.25, 0.3) is 0 Å². The Morgan fingerprint density at radius 2 is 2.06 bits per heavy atom. The van der Waals surface area contributed by atoms with Gasteiger partial charge in [-0.15, -0.1) is 0 Å². The lowest BCUT2D eigenvalue weighted by atomic mass is 10.0. The number of hydrogen-bond donors (Lipinski definition) is 2. The maximum atomic E-state index is 11.5. The molecule has 0 aromatic heterocycles. The average Bonchev–Trinajstić information content (AvgIpc) is 2.28. The van der Waals surface area contributed by atoms with Crippen LogP contribution in [0.5, 0.6) is 0 Å². The SMILES string of the molecule is CC(CCO)CC(=O)NCc1ccccc1. The molecule has 1 amide bonds. The van der Waals surface area contributed by atoms with Crippen LogP contribution < -0.4 is 5.32 Å². The third-order valence-electron chi connectivity index (χ3n) is 2.49. The molecule has 16 heavy (non-hydrogen) atoms. The van der Waals surface area contributed by atoms with E-state index in [1.54, 1.807) is 0 Å². The number of carbonyl (C=O) groups is 1. The molecule has 0 aliphatic heterocycles. The number of amides is 1. The van der Waals surface area contributed by atoms with E-state index >= 15 is 0 Å². The molecule has 0 radical (unpaired) electrons. The molecule has 0 spiro atoms. The molecule has 0 saturated carbocycles. The number of rotatable bonds is 6. The molecule has 3 nitrogen and oxygen atoms in total. The zero-order chi connectivity index (χ0) is 11.8. The highest BCUT2D eigenvalue weighted by atomic mass is 16.3. The fourth-order valence-corrected chi connectivity index (χ4v) is 1.51. The molecule has 0 bridgehead atoms. The van der Waals surface area contributed by atoms with Crippen molar-refractivity contribution in [2.45, 2.75) is 26.3 Å². The fraction of sp³-hybridized carbons (Fsp3) is 0.462. The van der Waals surface area contributed by atoms with E-state index in [1.807, 2.05) is 37.3 Å². The van der Waals surface area contributed by atoms with Crippen LogP contribution in [-0.2, 0) is 11.3 Å². The highest BCUT2D eigenvalue weighted by molar-refractivity contribution is 5.76. The van der Waals surface area contributed by atoms with Crippen molar-refractivity contribution in [1.82, 2.24) is 5.32 Å². The second kappa shape index (κ2) is 7.01. The molecule has 0 saturated heterocycles. The van der Waals surface area contributed by atoms with Crippen LogP contribution in [0.1, 0.15) is 25.3 Å². The highest BCUT2D eigenvalue weighted by Crippen LogP contribution is 2.06. The first-order valence-electron chi connectivity index (χ1n) is 5.64. The first kappa shape index (κ1) is 12.7. The summed E-state index contributed by atoms with van der Waals surface area (Å²) >= 11 is 0. The van der Waals surface area contributed by atoms with Crippen LogP contribution in [0.4, 0.5) is 0 Å². The Morgan fingerprint density at radius 1 is 1.38 bits per heavy atom. The van der Waals surface area contributed by atoms with Gasteiger partial charge in [-0.1, -0.05) is 37.3 Å². The van der Waals surface area contributed by atoms with Crippen LogP contribution in [0, 0.1) is 5.92 Å². The molecule has 0 fully saturated rings. The maximum absolute atomic E-state index is 11.5. The number of benzene rings is 1. The Bertz CT molecular complexity index is 311. The lowest BCUT2D eigenvalue weighted by Crippen LogP contribution is -2.24. The predicted octanol–water partition coefficient (Wildman–Crippen LogP) is 1.71. The maximum Gasteiger partial charge on any atom is 0.220 e. The summed E-state index contributed by atoms with van der Waals surface area (Å²) in [4.78, 5) is 11.5. The molecular formula is C13H19NO2. The third kappa shape index (κ3) is 4.94. The van der Waals surface area contributed by atoms with Crippen molar-refractivity contribution >= 4 is 5.91 Å². The predicted molar refractivity (Wildman–Crippen MR) is 63.8 cm³/mol. The normalized spacial score (nSPS) is 12.1. The van der Waals surface area contributed by atoms with Crippen LogP contribution in [0.15, 0.2) is 30.3 Å². The average molecular weight is 221 g/mol. The van der Waals surface area contributed by atoms with Crippen molar-refractivity contribution in [3.8, 4) is 0 Å². The van der Waals surface area contributed by atoms with Crippen molar-refractivity contribution in [3.05, 3.63) is 35.9 Å². The van der Waals surface area contributed by atoms with E-state index in [1.165, 1.54) is 0 Å². The van der Waals surface area contributed by atoms with Crippen LogP contribution in [0.25, 0.3) is 0 Å². The molecule has 3 heteroatoms. The van der Waals surface area contributed by atoms with Gasteiger partial charge in [-0.2, -0.15) is 0 Å². The van der Waals surface area contributed by atoms with Gasteiger partial charge in [-0.05, 0) is 17.9 Å². The number of aliphatic hydroxyl groups is 1. The van der Waals surface area contributed by atoms with Gasteiger partial charge in [0, 0.05) is 19.6 Å². The molecule has 88 valence electrons. The molecule has 1 aromatic rings. The summed E-state index contributed by atoms with van der Waals surface area (Å²) < 4.78 is 0. The van der Waals surface area contributed by atoms with Gasteiger partial charge in [-0.3, -0.25) is 4.79 Å². The van der Waals surface area contributed by atoms with E-state index in [-0.39, 0.29) is 18.4 Å². The molecule has 0 aliphatic rings. The Kier molecular flexibility index (Phi) is 5.57. The summed E-state index contributed by atoms with van der Waals surface area (Å²) in [6, 6.07) is 9.83. The summed E-state index contributed by atoms with van der Waals surface area (Å²) in [6.07, 6.45) is 1.16. The molecule has 1 aromatic carbocycles. The molecule has 1 unspecified atom stereocenters. The molecule has 2 N–H and O–H groups in total. The highest BCUT2D eigenvalue weighted by Gasteiger charge is 2.07. The third-order valence-corrected chi connectivity index (χ3v) is 2.49. The monoisotopic (exact) mass is 221 g/mol. The van der Waals surface area contributed by atoms with Gasteiger partial charge >= 0.3 is 0 Å². The second-order valence-electron chi connectivity index (χ2n) is 4.08. The summed E-state index contributed by atoms with van der Waals surface area (Å²) in [5.74, 6) is 0.283. The first-order chi connectivity index (χ1) is 7.72. The van der Waals surface area contributed by atoms with Crippen LogP contribution in [-0.4, -0.2) is 17.6 Å². The molecular weight excluding hydrogens is 202 g/mol. The smallest absolute Gasteiger partial charge is 0.220 e. The van der Waals surface area contributed by atoms with Gasteiger partial charge in [0.2, 0.25) is 5.91 Å². The zero-order valence-electron chi connectivity index (χ0n) is 9.65. The van der Waals surface area contributed by atoms with Crippen LogP contribution >= 0.6 is 0 Å². The molecule has 0 aliphatic carbocycles. The Balaban J connectivity index is 2.25. The van der Waals surface area contributed by atoms with Gasteiger partial charge in [0.15, 0.2) is 0 Å². The second-order valence-corrected chi connectivity index (χ2v) is 4.08. The van der Waals surface area contributed by atoms with E-state index in [2.05, 4.69) is 5.32 Å². The Hall–Kier alpha value is -1.35. The van der Waals surface area contributed by atoms with E-state index in [0.717, 1.165) is 5.56 Å². The van der Waals surface area contributed by atoms with E-state index in [0.29, 0.717) is 19.4 Å². The van der Waals surface area contributed by atoms with Crippen molar-refractivity contribution in [2.24, 2.45) is 5.92 Å². The fourth-order valence-electron chi connectivity index (χ4n) is 1.51. The lowest BCUT2D eigenvalue weighted by molar-refractivity contribution is -0.122. The van der Waals surface area contributed by atoms with Crippen molar-refractivity contribution in [1.29, 1.82) is 0 Å². The Morgan fingerprint density at radius 3 is 2.69 bits per heavy atom. The van der Waals surface area contributed by atoms with Gasteiger partial charge in [0.05, 0.1) is 0 Å². The quantitative estimate of drug-likeness (QED) is 0.768. The van der Waals surface area contributed by atoms with E-state index < -0.39 is 0 Å². The minimum absolute atomic E-state index is 0.0461. The van der Waals surface area contributed by atoms with Gasteiger partial charge in [0.1, 0.15) is 0 Å². The summed E-state index contributed by atoms with van der Waals surface area (Å²) in [6.45, 7) is 2.69. The van der Waals surface area contributed by atoms with Crippen molar-refractivity contribution in [2.75, 3.05) is 6.61 Å². The standard InChI is InChI=1S/C13H19NO2/c1-11(7-8-15)9-13(16)14-10-12-5-3-2-4-6-12/h2-6,11,15H,7-10H2,1H3,(H,14,16). The minimum Gasteiger partial charge on any atom is -0.396 e. The van der Waals surface area contributed by atoms with Gasteiger partial charge < -0.3 is 10.4 Å². The van der Waals surface area contributed by atoms with Gasteiger partial charge in [-0.25, -0.2) is 0 Å². The van der Waals surface area contributed by atoms with Crippen LogP contribution in [0.3, 0.4) is 0 Å². The summed E-state index contributed by atoms with van der Waals surface area (Å²) in [5, 5.41) is 11.6. The number of aliphatic hydroxyl groups excluding tert-OH is 1. The first-order valence-corrected chi connectivity index (χ1v) is 5.64. The molecule has 1 rings (SSSR count). The topological polar surface area (TPSA) is 49.3 Å². The number of carbonyl (C=O) groups excluding carboxylic acids is 1. The zero-order valence-corrected chi connectivity index (χ0v) is 9.65. The van der Waals surface area contributed by atoms with Crippen molar-refractivity contribution < 1.29 is 9.90 Å². The molecule has 1 atom stereocenters. The summed E-state index contributed by atoms with van der Waals surface area (Å²) in [7, 11) is 0. The number of hydrogen-bond acceptors (Lipinski definition) is 2. The van der Waals surface area contributed by atoms with E-state index in [9.17, 15) is 4.79 Å². The number of nitrogens with one attached hydrogen (secondary N) is 1. The lowest BCUT2D eigenvalue weighted by Gasteiger charge is -2.10. The summed E-state index contributed by atoms with van der Waals surface area (Å²) in [5.41, 5.74) is 1.10. The van der Waals surface area contributed by atoms with Crippen molar-refractivity contribution in [3.63, 3.8) is 0 Å². The molecule has 0 heterocycles. The van der Waals surface area contributed by atoms with Crippen LogP contribution in [0.2, 0.25) is 0 Å². The van der Waals surface area contributed by atoms with E-state index in [4.69, 9.17) is 5.11 Å². The minimum atomic E-state index is 0.0461. The largest absolute Gasteiger partial charge is 0.396 e.